The summed E-state index contributed by atoms with van der Waals surface area (Å²) in [6.07, 6.45) is 5.66. The van der Waals surface area contributed by atoms with Crippen LogP contribution in [0, 0.1) is 11.5 Å². The molecule has 15 heavy (non-hydrogen) atoms. The molecule has 0 aliphatic rings. The first kappa shape index (κ1) is 17.8. The molecular weight excluding hydrogens is 356 g/mol. The summed E-state index contributed by atoms with van der Waals surface area (Å²) in [5.41, 5.74) is 1.77. The summed E-state index contributed by atoms with van der Waals surface area (Å²) in [5.74, 6) is 0. The standard InChI is InChI=1S/C13H25O.W/c1-11(2)14-9-7-8-12(3)10-13(4,5)6;/h10H,7-9H2,1-6H3;/q-1;/b12-10-;. The van der Waals surface area contributed by atoms with Crippen LogP contribution in [0.5, 0.6) is 0 Å². The van der Waals surface area contributed by atoms with Crippen molar-refractivity contribution in [2.45, 2.75) is 54.4 Å². The van der Waals surface area contributed by atoms with Gasteiger partial charge in [0.1, 0.15) is 0 Å². The van der Waals surface area contributed by atoms with Gasteiger partial charge in [-0.3, -0.25) is 0 Å². The largest absolute Gasteiger partial charge is 0.549 e. The maximum absolute atomic E-state index is 5.41. The molecular formula is C13H25OW-. The molecule has 0 spiro atoms. The zero-order valence-electron chi connectivity index (χ0n) is 11.0. The maximum Gasteiger partial charge on any atom is 0.0117 e. The van der Waals surface area contributed by atoms with Gasteiger partial charge < -0.3 is 4.74 Å². The average Bonchev–Trinajstić information content (AvgIpc) is 1.94. The van der Waals surface area contributed by atoms with Crippen LogP contribution in [0.3, 0.4) is 0 Å². The van der Waals surface area contributed by atoms with E-state index in [0.717, 1.165) is 25.6 Å². The smallest absolute Gasteiger partial charge is 0.0117 e. The summed E-state index contributed by atoms with van der Waals surface area (Å²) >= 11 is 0. The van der Waals surface area contributed by atoms with E-state index in [1.165, 1.54) is 5.57 Å². The van der Waals surface area contributed by atoms with E-state index in [0.29, 0.717) is 5.41 Å². The van der Waals surface area contributed by atoms with Crippen LogP contribution >= 0.6 is 0 Å². The van der Waals surface area contributed by atoms with Crippen LogP contribution in [-0.2, 0) is 25.8 Å². The second-order valence-corrected chi connectivity index (χ2v) is 5.22. The predicted molar refractivity (Wildman–Crippen MR) is 63.0 cm³/mol. The molecule has 0 aromatic rings. The molecule has 0 aromatic carbocycles. The van der Waals surface area contributed by atoms with E-state index in [2.05, 4.69) is 33.8 Å². The third kappa shape index (κ3) is 14.4. The van der Waals surface area contributed by atoms with E-state index < -0.39 is 0 Å². The van der Waals surface area contributed by atoms with E-state index >= 15 is 0 Å². The molecule has 0 amide bonds. The fourth-order valence-corrected chi connectivity index (χ4v) is 1.44. The Labute approximate surface area is 110 Å². The van der Waals surface area contributed by atoms with Crippen molar-refractivity contribution in [3.8, 4) is 0 Å². The van der Waals surface area contributed by atoms with Crippen LogP contribution in [-0.4, -0.2) is 6.61 Å². The Balaban J connectivity index is 0. The van der Waals surface area contributed by atoms with Gasteiger partial charge in [-0.2, -0.15) is 13.8 Å². The number of hydrogen-bond acceptors (Lipinski definition) is 1. The number of ether oxygens (including phenoxy) is 1. The Morgan fingerprint density at radius 1 is 1.27 bits per heavy atom. The Hall–Kier alpha value is 0.388. The van der Waals surface area contributed by atoms with Crippen molar-refractivity contribution in [2.75, 3.05) is 6.61 Å². The summed E-state index contributed by atoms with van der Waals surface area (Å²) in [5, 5.41) is 0. The van der Waals surface area contributed by atoms with Crippen molar-refractivity contribution in [2.24, 2.45) is 5.41 Å². The molecule has 0 bridgehead atoms. The Kier molecular flexibility index (Phi) is 10.1. The Bertz CT molecular complexity index is 177. The van der Waals surface area contributed by atoms with Crippen molar-refractivity contribution in [1.29, 1.82) is 0 Å². The maximum atomic E-state index is 5.41. The van der Waals surface area contributed by atoms with Gasteiger partial charge in [-0.1, -0.05) is 32.4 Å². The monoisotopic (exact) mass is 381 g/mol. The summed E-state index contributed by atoms with van der Waals surface area (Å²) in [6, 6.07) is 0. The van der Waals surface area contributed by atoms with Gasteiger partial charge >= 0.3 is 0 Å². The molecule has 0 aliphatic heterocycles. The van der Waals surface area contributed by atoms with E-state index in [1.54, 1.807) is 0 Å². The van der Waals surface area contributed by atoms with Gasteiger partial charge in [0, 0.05) is 27.7 Å². The predicted octanol–water partition coefficient (Wildman–Crippen LogP) is 4.34. The molecule has 0 saturated heterocycles. The van der Waals surface area contributed by atoms with Gasteiger partial charge in [0.2, 0.25) is 0 Å². The van der Waals surface area contributed by atoms with Gasteiger partial charge in [-0.25, -0.2) is 6.10 Å². The van der Waals surface area contributed by atoms with Crippen LogP contribution in [0.1, 0.15) is 54.4 Å². The molecule has 0 saturated carbocycles. The minimum Gasteiger partial charge on any atom is -0.549 e. The van der Waals surface area contributed by atoms with Crippen molar-refractivity contribution >= 4 is 0 Å². The summed E-state index contributed by atoms with van der Waals surface area (Å²) in [4.78, 5) is 0. The normalized spacial score (nSPS) is 12.9. The van der Waals surface area contributed by atoms with Gasteiger partial charge in [-0.05, 0) is 25.2 Å². The quantitative estimate of drug-likeness (QED) is 0.391. The number of allylic oxidation sites excluding steroid dienone is 2. The molecule has 0 fully saturated rings. The second kappa shape index (κ2) is 8.53. The number of rotatable bonds is 5. The molecule has 0 aliphatic carbocycles. The van der Waals surface area contributed by atoms with Gasteiger partial charge in [0.15, 0.2) is 0 Å². The third-order valence-electron chi connectivity index (χ3n) is 1.79. The molecule has 0 radical (unpaired) electrons. The van der Waals surface area contributed by atoms with Gasteiger partial charge in [-0.15, -0.1) is 0 Å². The molecule has 0 N–H and O–H groups in total. The fourth-order valence-electron chi connectivity index (χ4n) is 1.44. The van der Waals surface area contributed by atoms with Crippen molar-refractivity contribution in [3.63, 3.8) is 0 Å². The van der Waals surface area contributed by atoms with E-state index in [1.807, 2.05) is 13.8 Å². The average molecular weight is 381 g/mol. The zero-order valence-corrected chi connectivity index (χ0v) is 13.9. The first-order valence-corrected chi connectivity index (χ1v) is 5.42. The summed E-state index contributed by atoms with van der Waals surface area (Å²) in [7, 11) is 0. The van der Waals surface area contributed by atoms with Crippen LogP contribution in [0.4, 0.5) is 0 Å². The minimum absolute atomic E-state index is 0. The molecule has 0 unspecified atom stereocenters. The molecule has 0 heterocycles. The van der Waals surface area contributed by atoms with Crippen molar-refractivity contribution < 1.29 is 25.8 Å². The molecule has 0 rings (SSSR count). The van der Waals surface area contributed by atoms with Crippen molar-refractivity contribution in [1.82, 2.24) is 0 Å². The van der Waals surface area contributed by atoms with E-state index in [4.69, 9.17) is 4.74 Å². The van der Waals surface area contributed by atoms with Gasteiger partial charge in [0.05, 0.1) is 0 Å². The summed E-state index contributed by atoms with van der Waals surface area (Å²) < 4.78 is 5.41. The molecule has 0 aromatic heterocycles. The van der Waals surface area contributed by atoms with Crippen molar-refractivity contribution in [3.05, 3.63) is 17.8 Å². The molecule has 90 valence electrons. The third-order valence-corrected chi connectivity index (χ3v) is 1.79. The van der Waals surface area contributed by atoms with E-state index in [9.17, 15) is 0 Å². The second-order valence-electron chi connectivity index (χ2n) is 5.22. The zero-order chi connectivity index (χ0) is 11.2. The van der Waals surface area contributed by atoms with Crippen LogP contribution in [0.15, 0.2) is 11.6 Å². The Morgan fingerprint density at radius 2 is 1.80 bits per heavy atom. The topological polar surface area (TPSA) is 9.23 Å². The SMILES string of the molecule is C/C(=C/C(C)(C)C)CCCO[C-](C)C.[W]. The number of hydrogen-bond donors (Lipinski definition) is 0. The summed E-state index contributed by atoms with van der Waals surface area (Å²) in [6.45, 7) is 13.7. The molecule has 1 nitrogen and oxygen atoms in total. The molecule has 2 heteroatoms. The van der Waals surface area contributed by atoms with Crippen LogP contribution in [0.2, 0.25) is 0 Å². The van der Waals surface area contributed by atoms with Gasteiger partial charge in [0.25, 0.3) is 0 Å². The Morgan fingerprint density at radius 3 is 2.20 bits per heavy atom. The minimum atomic E-state index is 0. The van der Waals surface area contributed by atoms with Crippen LogP contribution in [0.25, 0.3) is 0 Å². The molecule has 0 atom stereocenters. The van der Waals surface area contributed by atoms with Crippen LogP contribution < -0.4 is 0 Å². The fraction of sp³-hybridized carbons (Fsp3) is 0.769. The van der Waals surface area contributed by atoms with E-state index in [-0.39, 0.29) is 21.1 Å². The first-order valence-electron chi connectivity index (χ1n) is 5.42. The first-order chi connectivity index (χ1) is 6.31.